The third kappa shape index (κ3) is 2.36. The summed E-state index contributed by atoms with van der Waals surface area (Å²) in [6.45, 7) is 0.391. The smallest absolute Gasteiger partial charge is 0.439 e. The van der Waals surface area contributed by atoms with Gasteiger partial charge in [0.15, 0.2) is 0 Å². The summed E-state index contributed by atoms with van der Waals surface area (Å²) >= 11 is 0. The van der Waals surface area contributed by atoms with Crippen LogP contribution in [-0.2, 0) is 11.3 Å². The second kappa shape index (κ2) is 4.95. The summed E-state index contributed by atoms with van der Waals surface area (Å²) in [4.78, 5) is 14.9. The molecule has 0 fully saturated rings. The van der Waals surface area contributed by atoms with Gasteiger partial charge in [-0.2, -0.15) is 0 Å². The molecular formula is C13H11BN2O4. The summed E-state index contributed by atoms with van der Waals surface area (Å²) < 4.78 is 10.7. The molecule has 1 aromatic carbocycles. The Morgan fingerprint density at radius 2 is 2.25 bits per heavy atom. The highest BCUT2D eigenvalue weighted by molar-refractivity contribution is 6.61. The number of ether oxygens (including phenoxy) is 1. The molecule has 1 aliphatic heterocycles. The number of rotatable bonds is 3. The molecule has 1 amide bonds. The number of hydrogen-bond acceptors (Lipinski definition) is 5. The lowest BCUT2D eigenvalue weighted by atomic mass is 9.79. The Bertz CT molecular complexity index is 660. The van der Waals surface area contributed by atoms with Crippen molar-refractivity contribution in [2.45, 2.75) is 6.61 Å². The molecule has 0 atom stereocenters. The molecule has 0 bridgehead atoms. The lowest BCUT2D eigenvalue weighted by molar-refractivity contribution is 0.1000. The van der Waals surface area contributed by atoms with Gasteiger partial charge in [0, 0.05) is 12.3 Å². The Morgan fingerprint density at radius 3 is 2.95 bits per heavy atom. The van der Waals surface area contributed by atoms with Crippen molar-refractivity contribution < 1.29 is 19.2 Å². The molecule has 2 heterocycles. The molecule has 0 radical (unpaired) electrons. The van der Waals surface area contributed by atoms with Gasteiger partial charge in [-0.15, -0.1) is 0 Å². The predicted molar refractivity (Wildman–Crippen MR) is 71.7 cm³/mol. The zero-order chi connectivity index (χ0) is 14.1. The fraction of sp³-hybridized carbons (Fsp3) is 0.0769. The number of fused-ring (bicyclic) bond motifs is 1. The first kappa shape index (κ1) is 12.6. The summed E-state index contributed by atoms with van der Waals surface area (Å²) in [5.74, 6) is 0.331. The van der Waals surface area contributed by atoms with Crippen LogP contribution >= 0.6 is 0 Å². The molecule has 3 N–H and O–H groups in total. The molecule has 0 unspecified atom stereocenters. The summed E-state index contributed by atoms with van der Waals surface area (Å²) in [5, 5.41) is 9.62. The number of amides is 1. The minimum Gasteiger partial charge on any atom is -0.439 e. The fourth-order valence-electron chi connectivity index (χ4n) is 1.96. The molecule has 6 nitrogen and oxygen atoms in total. The van der Waals surface area contributed by atoms with Gasteiger partial charge in [0.2, 0.25) is 11.8 Å². The van der Waals surface area contributed by atoms with Crippen molar-refractivity contribution in [1.29, 1.82) is 0 Å². The van der Waals surface area contributed by atoms with E-state index in [1.54, 1.807) is 18.2 Å². The summed E-state index contributed by atoms with van der Waals surface area (Å²) in [6.07, 6.45) is 1.35. The van der Waals surface area contributed by atoms with E-state index in [-0.39, 0.29) is 0 Å². The molecule has 0 saturated carbocycles. The van der Waals surface area contributed by atoms with Gasteiger partial charge >= 0.3 is 7.12 Å². The summed E-state index contributed by atoms with van der Waals surface area (Å²) in [5.41, 5.74) is 7.07. The lowest BCUT2D eigenvalue weighted by Crippen LogP contribution is -2.27. The van der Waals surface area contributed by atoms with Crippen LogP contribution in [0.1, 0.15) is 15.9 Å². The highest BCUT2D eigenvalue weighted by Crippen LogP contribution is 2.21. The van der Waals surface area contributed by atoms with Gasteiger partial charge in [0.05, 0.1) is 12.2 Å². The van der Waals surface area contributed by atoms with Crippen LogP contribution in [0.2, 0.25) is 0 Å². The SMILES string of the molecule is NC(=O)c1ccc(Oc2ccc3c(c2)B(O)OC3)nc1. The Balaban J connectivity index is 1.81. The Labute approximate surface area is 115 Å². The van der Waals surface area contributed by atoms with Crippen molar-refractivity contribution in [3.63, 3.8) is 0 Å². The van der Waals surface area contributed by atoms with E-state index in [1.807, 2.05) is 6.07 Å². The maximum atomic E-state index is 10.9. The van der Waals surface area contributed by atoms with Crippen molar-refractivity contribution in [2.75, 3.05) is 0 Å². The molecule has 2 aromatic rings. The minimum atomic E-state index is -0.918. The summed E-state index contributed by atoms with van der Waals surface area (Å²) in [6, 6.07) is 8.40. The molecule has 100 valence electrons. The van der Waals surface area contributed by atoms with E-state index < -0.39 is 13.0 Å². The van der Waals surface area contributed by atoms with Crippen LogP contribution in [0.15, 0.2) is 36.5 Å². The topological polar surface area (TPSA) is 94.7 Å². The number of carbonyl (C=O) groups is 1. The van der Waals surface area contributed by atoms with Crippen LogP contribution in [0.25, 0.3) is 0 Å². The number of hydrogen-bond donors (Lipinski definition) is 2. The highest BCUT2D eigenvalue weighted by atomic mass is 16.5. The van der Waals surface area contributed by atoms with Crippen LogP contribution in [0.4, 0.5) is 0 Å². The molecule has 1 aliphatic rings. The maximum Gasteiger partial charge on any atom is 0.491 e. The first-order chi connectivity index (χ1) is 9.63. The number of nitrogens with zero attached hydrogens (tertiary/aromatic N) is 1. The van der Waals surface area contributed by atoms with Crippen molar-refractivity contribution in [1.82, 2.24) is 4.98 Å². The second-order valence-corrected chi connectivity index (χ2v) is 4.38. The van der Waals surface area contributed by atoms with Gasteiger partial charge in [0.25, 0.3) is 0 Å². The number of nitrogens with two attached hydrogens (primary N) is 1. The number of carbonyl (C=O) groups excluding carboxylic acids is 1. The molecular weight excluding hydrogens is 259 g/mol. The Kier molecular flexibility index (Phi) is 3.13. The summed E-state index contributed by atoms with van der Waals surface area (Å²) in [7, 11) is -0.918. The minimum absolute atomic E-state index is 0.315. The second-order valence-electron chi connectivity index (χ2n) is 4.38. The third-order valence-corrected chi connectivity index (χ3v) is 3.02. The van der Waals surface area contributed by atoms with Crippen LogP contribution < -0.4 is 15.9 Å². The highest BCUT2D eigenvalue weighted by Gasteiger charge is 2.27. The van der Waals surface area contributed by atoms with Gasteiger partial charge in [-0.1, -0.05) is 6.07 Å². The molecule has 0 aliphatic carbocycles. The molecule has 3 rings (SSSR count). The van der Waals surface area contributed by atoms with Crippen LogP contribution in [0.5, 0.6) is 11.6 Å². The Hall–Kier alpha value is -2.38. The zero-order valence-electron chi connectivity index (χ0n) is 10.4. The fourth-order valence-corrected chi connectivity index (χ4v) is 1.96. The number of benzene rings is 1. The number of aromatic nitrogens is 1. The molecule has 1 aromatic heterocycles. The van der Waals surface area contributed by atoms with E-state index in [0.29, 0.717) is 29.3 Å². The first-order valence-electron chi connectivity index (χ1n) is 6.00. The van der Waals surface area contributed by atoms with Crippen molar-refractivity contribution >= 4 is 18.5 Å². The monoisotopic (exact) mass is 270 g/mol. The molecule has 0 spiro atoms. The number of pyridine rings is 1. The average Bonchev–Trinajstić information content (AvgIpc) is 2.81. The first-order valence-corrected chi connectivity index (χ1v) is 6.00. The van der Waals surface area contributed by atoms with E-state index in [1.165, 1.54) is 12.3 Å². The van der Waals surface area contributed by atoms with E-state index in [2.05, 4.69) is 4.98 Å². The molecule has 0 saturated heterocycles. The van der Waals surface area contributed by atoms with Gasteiger partial charge < -0.3 is 20.1 Å². The molecule has 7 heteroatoms. The van der Waals surface area contributed by atoms with Gasteiger partial charge in [-0.25, -0.2) is 4.98 Å². The Morgan fingerprint density at radius 1 is 1.40 bits per heavy atom. The van der Waals surface area contributed by atoms with Gasteiger partial charge in [-0.05, 0) is 29.2 Å². The predicted octanol–water partition coefficient (Wildman–Crippen LogP) is 0.190. The number of primary amides is 1. The molecule has 20 heavy (non-hydrogen) atoms. The van der Waals surface area contributed by atoms with Crippen LogP contribution in [-0.4, -0.2) is 23.0 Å². The third-order valence-electron chi connectivity index (χ3n) is 3.02. The van der Waals surface area contributed by atoms with Crippen LogP contribution in [0.3, 0.4) is 0 Å². The van der Waals surface area contributed by atoms with Crippen molar-refractivity contribution in [2.24, 2.45) is 5.73 Å². The standard InChI is InChI=1S/C13H11BN2O4/c15-13(17)8-2-4-12(16-6-8)20-10-3-1-9-7-19-14(18)11(9)5-10/h1-6,18H,7H2,(H2,15,17). The van der Waals surface area contributed by atoms with Crippen LogP contribution in [0, 0.1) is 0 Å². The van der Waals surface area contributed by atoms with Crippen molar-refractivity contribution in [3.8, 4) is 11.6 Å². The maximum absolute atomic E-state index is 10.9. The van der Waals surface area contributed by atoms with E-state index in [9.17, 15) is 9.82 Å². The van der Waals surface area contributed by atoms with Gasteiger partial charge in [0.1, 0.15) is 5.75 Å². The van der Waals surface area contributed by atoms with Crippen molar-refractivity contribution in [3.05, 3.63) is 47.7 Å². The quantitative estimate of drug-likeness (QED) is 0.776. The lowest BCUT2D eigenvalue weighted by Gasteiger charge is -2.06. The van der Waals surface area contributed by atoms with E-state index >= 15 is 0 Å². The normalized spacial score (nSPS) is 13.2. The average molecular weight is 270 g/mol. The largest absolute Gasteiger partial charge is 0.491 e. The van der Waals surface area contributed by atoms with Gasteiger partial charge in [-0.3, -0.25) is 4.79 Å². The van der Waals surface area contributed by atoms with E-state index in [0.717, 1.165) is 5.56 Å². The zero-order valence-corrected chi connectivity index (χ0v) is 10.4. The van der Waals surface area contributed by atoms with E-state index in [4.69, 9.17) is 15.1 Å².